The SMILES string of the molecule is CCO[Si]1(CSC(C)=O)OCCCO1. The zero-order valence-corrected chi connectivity index (χ0v) is 10.4. The third-order valence-corrected chi connectivity index (χ3v) is 6.16. The normalized spacial score (nSPS) is 20.7. The fourth-order valence-corrected chi connectivity index (χ4v) is 5.29. The summed E-state index contributed by atoms with van der Waals surface area (Å²) < 4.78 is 16.7. The monoisotopic (exact) mass is 236 g/mol. The van der Waals surface area contributed by atoms with Gasteiger partial charge in [-0.1, -0.05) is 11.8 Å². The van der Waals surface area contributed by atoms with E-state index in [1.54, 1.807) is 6.92 Å². The molecule has 1 aliphatic heterocycles. The highest BCUT2D eigenvalue weighted by Crippen LogP contribution is 2.20. The fraction of sp³-hybridized carbons (Fsp3) is 0.875. The summed E-state index contributed by atoms with van der Waals surface area (Å²) in [7, 11) is -2.50. The minimum Gasteiger partial charge on any atom is -0.373 e. The minimum atomic E-state index is -2.50. The highest BCUT2D eigenvalue weighted by Gasteiger charge is 2.43. The summed E-state index contributed by atoms with van der Waals surface area (Å²) in [5.74, 6) is 0. The van der Waals surface area contributed by atoms with Crippen molar-refractivity contribution in [2.75, 3.05) is 25.2 Å². The van der Waals surface area contributed by atoms with Crippen molar-refractivity contribution in [3.05, 3.63) is 0 Å². The summed E-state index contributed by atoms with van der Waals surface area (Å²) in [6, 6.07) is 0. The Hall–Kier alpha value is 0.117. The van der Waals surface area contributed by atoms with E-state index in [-0.39, 0.29) is 5.12 Å². The van der Waals surface area contributed by atoms with Crippen LogP contribution in [0.25, 0.3) is 0 Å². The van der Waals surface area contributed by atoms with Crippen LogP contribution in [-0.4, -0.2) is 39.1 Å². The Bertz CT molecular complexity index is 188. The van der Waals surface area contributed by atoms with Gasteiger partial charge in [0.2, 0.25) is 0 Å². The van der Waals surface area contributed by atoms with Crippen molar-refractivity contribution < 1.29 is 18.1 Å². The molecule has 1 fully saturated rings. The summed E-state index contributed by atoms with van der Waals surface area (Å²) in [6.07, 6.45) is 0.909. The van der Waals surface area contributed by atoms with Gasteiger partial charge in [-0.25, -0.2) is 0 Å². The largest absolute Gasteiger partial charge is 0.511 e. The van der Waals surface area contributed by atoms with E-state index >= 15 is 0 Å². The first-order valence-corrected chi connectivity index (χ1v) is 7.65. The molecule has 0 aliphatic carbocycles. The molecule has 0 aromatic heterocycles. The summed E-state index contributed by atoms with van der Waals surface area (Å²) in [5.41, 5.74) is 0. The van der Waals surface area contributed by atoms with Gasteiger partial charge < -0.3 is 13.3 Å². The molecule has 0 spiro atoms. The summed E-state index contributed by atoms with van der Waals surface area (Å²) in [5, 5.41) is 0.616. The van der Waals surface area contributed by atoms with Gasteiger partial charge in [0, 0.05) is 26.7 Å². The maximum atomic E-state index is 10.9. The van der Waals surface area contributed by atoms with Crippen molar-refractivity contribution >= 4 is 25.7 Å². The maximum Gasteiger partial charge on any atom is 0.511 e. The quantitative estimate of drug-likeness (QED) is 0.687. The number of rotatable bonds is 4. The van der Waals surface area contributed by atoms with E-state index in [2.05, 4.69) is 0 Å². The molecule has 0 N–H and O–H groups in total. The molecule has 6 heteroatoms. The van der Waals surface area contributed by atoms with Crippen LogP contribution in [0.5, 0.6) is 0 Å². The van der Waals surface area contributed by atoms with Gasteiger partial charge in [-0.2, -0.15) is 0 Å². The molecule has 0 aromatic rings. The topological polar surface area (TPSA) is 44.8 Å². The van der Waals surface area contributed by atoms with Crippen molar-refractivity contribution in [3.8, 4) is 0 Å². The number of carbonyl (C=O) groups excluding carboxylic acids is 1. The average molecular weight is 236 g/mol. The molecule has 0 bridgehead atoms. The molecule has 0 atom stereocenters. The Kier molecular flexibility index (Phi) is 5.11. The lowest BCUT2D eigenvalue weighted by Crippen LogP contribution is -2.52. The van der Waals surface area contributed by atoms with Crippen molar-refractivity contribution in [1.29, 1.82) is 0 Å². The molecule has 82 valence electrons. The Balaban J connectivity index is 2.46. The standard InChI is InChI=1S/C8H16O4SSi/c1-3-10-14(7-13-8(2)9)11-5-4-6-12-14/h3-7H2,1-2H3. The van der Waals surface area contributed by atoms with Gasteiger partial charge >= 0.3 is 8.80 Å². The smallest absolute Gasteiger partial charge is 0.373 e. The third kappa shape index (κ3) is 3.70. The summed E-state index contributed by atoms with van der Waals surface area (Å²) >= 11 is 1.22. The third-order valence-electron chi connectivity index (χ3n) is 1.75. The van der Waals surface area contributed by atoms with Crippen molar-refractivity contribution in [2.24, 2.45) is 0 Å². The minimum absolute atomic E-state index is 0.0781. The van der Waals surface area contributed by atoms with Crippen LogP contribution in [0.1, 0.15) is 20.3 Å². The number of hydrogen-bond donors (Lipinski definition) is 0. The first-order chi connectivity index (χ1) is 6.68. The van der Waals surface area contributed by atoms with Gasteiger partial charge in [0.1, 0.15) is 0 Å². The second-order valence-corrected chi connectivity index (χ2v) is 7.20. The number of carbonyl (C=O) groups is 1. The van der Waals surface area contributed by atoms with Crippen molar-refractivity contribution in [1.82, 2.24) is 0 Å². The molecular weight excluding hydrogens is 220 g/mol. The zero-order valence-electron chi connectivity index (χ0n) is 8.58. The lowest BCUT2D eigenvalue weighted by atomic mass is 10.5. The van der Waals surface area contributed by atoms with Crippen molar-refractivity contribution in [2.45, 2.75) is 20.3 Å². The number of hydrogen-bond acceptors (Lipinski definition) is 5. The van der Waals surface area contributed by atoms with E-state index in [0.717, 1.165) is 6.42 Å². The lowest BCUT2D eigenvalue weighted by Gasteiger charge is -2.32. The molecule has 1 saturated heterocycles. The second-order valence-electron chi connectivity index (χ2n) is 2.95. The van der Waals surface area contributed by atoms with Gasteiger partial charge in [-0.3, -0.25) is 4.79 Å². The molecule has 1 aliphatic rings. The second kappa shape index (κ2) is 5.87. The number of thioether (sulfide) groups is 1. The summed E-state index contributed by atoms with van der Waals surface area (Å²) in [4.78, 5) is 10.9. The van der Waals surface area contributed by atoms with Gasteiger partial charge in [0.25, 0.3) is 0 Å². The molecule has 0 aromatic carbocycles. The first-order valence-electron chi connectivity index (χ1n) is 4.74. The predicted octanol–water partition coefficient (Wildman–Crippen LogP) is 1.22. The Morgan fingerprint density at radius 3 is 2.64 bits per heavy atom. The van der Waals surface area contributed by atoms with E-state index in [0.29, 0.717) is 25.2 Å². The zero-order chi connectivity index (χ0) is 10.4. The van der Waals surface area contributed by atoms with Gasteiger partial charge in [-0.05, 0) is 13.3 Å². The van der Waals surface area contributed by atoms with Gasteiger partial charge in [-0.15, -0.1) is 0 Å². The predicted molar refractivity (Wildman–Crippen MR) is 57.0 cm³/mol. The first kappa shape index (κ1) is 12.2. The summed E-state index contributed by atoms with van der Waals surface area (Å²) in [6.45, 7) is 5.40. The molecule has 4 nitrogen and oxygen atoms in total. The van der Waals surface area contributed by atoms with Gasteiger partial charge in [0.15, 0.2) is 5.12 Å². The molecule has 14 heavy (non-hydrogen) atoms. The lowest BCUT2D eigenvalue weighted by molar-refractivity contribution is -0.109. The van der Waals surface area contributed by atoms with Crippen LogP contribution in [0.15, 0.2) is 0 Å². The van der Waals surface area contributed by atoms with E-state index in [9.17, 15) is 4.79 Å². The van der Waals surface area contributed by atoms with Crippen LogP contribution in [0.4, 0.5) is 0 Å². The molecule has 1 rings (SSSR count). The average Bonchev–Trinajstić information content (AvgIpc) is 2.17. The highest BCUT2D eigenvalue weighted by molar-refractivity contribution is 8.14. The molecule has 0 unspecified atom stereocenters. The van der Waals surface area contributed by atoms with Crippen LogP contribution in [0, 0.1) is 0 Å². The van der Waals surface area contributed by atoms with Crippen LogP contribution in [0.2, 0.25) is 0 Å². The van der Waals surface area contributed by atoms with Crippen LogP contribution in [-0.2, 0) is 18.1 Å². The van der Waals surface area contributed by atoms with Crippen LogP contribution >= 0.6 is 11.8 Å². The molecule has 0 radical (unpaired) electrons. The van der Waals surface area contributed by atoms with E-state index in [1.165, 1.54) is 11.8 Å². The molecular formula is C8H16O4SSi. The Labute approximate surface area is 89.7 Å². The van der Waals surface area contributed by atoms with Gasteiger partial charge in [0.05, 0.1) is 5.38 Å². The van der Waals surface area contributed by atoms with Crippen molar-refractivity contribution in [3.63, 3.8) is 0 Å². The molecule has 0 saturated carbocycles. The Morgan fingerprint density at radius 1 is 1.50 bits per heavy atom. The van der Waals surface area contributed by atoms with E-state index in [4.69, 9.17) is 13.3 Å². The highest BCUT2D eigenvalue weighted by atomic mass is 32.2. The van der Waals surface area contributed by atoms with Crippen LogP contribution in [0.3, 0.4) is 0 Å². The Morgan fingerprint density at radius 2 is 2.14 bits per heavy atom. The van der Waals surface area contributed by atoms with E-state index < -0.39 is 8.80 Å². The molecule has 0 amide bonds. The fourth-order valence-electron chi connectivity index (χ4n) is 1.17. The van der Waals surface area contributed by atoms with Crippen LogP contribution < -0.4 is 0 Å². The molecule has 1 heterocycles. The van der Waals surface area contributed by atoms with E-state index in [1.807, 2.05) is 6.92 Å². The maximum absolute atomic E-state index is 10.9.